The molecule has 82 valence electrons. The normalized spacial score (nSPS) is 20.8. The van der Waals surface area contributed by atoms with E-state index in [0.29, 0.717) is 0 Å². The van der Waals surface area contributed by atoms with Crippen LogP contribution in [-0.2, 0) is 4.79 Å². The van der Waals surface area contributed by atoms with Gasteiger partial charge in [-0.3, -0.25) is 4.79 Å². The van der Waals surface area contributed by atoms with Gasteiger partial charge in [0.25, 0.3) is 0 Å². The maximum absolute atomic E-state index is 11.2. The Morgan fingerprint density at radius 2 is 2.00 bits per heavy atom. The molecule has 0 bridgehead atoms. The summed E-state index contributed by atoms with van der Waals surface area (Å²) in [7, 11) is 0. The van der Waals surface area contributed by atoms with Crippen LogP contribution in [0.1, 0.15) is 11.1 Å². The molecule has 0 saturated heterocycles. The van der Waals surface area contributed by atoms with Gasteiger partial charge < -0.3 is 0 Å². The average Bonchev–Trinajstić information content (AvgIpc) is 2.54. The Labute approximate surface area is 100 Å². The van der Waals surface area contributed by atoms with Crippen LogP contribution < -0.4 is 0 Å². The van der Waals surface area contributed by atoms with Gasteiger partial charge in [0.05, 0.1) is 0 Å². The third kappa shape index (κ3) is 1.70. The highest BCUT2D eigenvalue weighted by Gasteiger charge is 2.16. The predicted octanol–water partition coefficient (Wildman–Crippen LogP) is 3.41. The van der Waals surface area contributed by atoms with E-state index in [1.165, 1.54) is 5.57 Å². The van der Waals surface area contributed by atoms with E-state index in [9.17, 15) is 4.79 Å². The molecule has 2 aliphatic carbocycles. The molecule has 0 heterocycles. The highest BCUT2D eigenvalue weighted by molar-refractivity contribution is 6.09. The first-order chi connectivity index (χ1) is 8.38. The third-order valence-electron chi connectivity index (χ3n) is 3.18. The number of rotatable bonds is 1. The Morgan fingerprint density at radius 1 is 1.12 bits per heavy atom. The van der Waals surface area contributed by atoms with Gasteiger partial charge in [-0.2, -0.15) is 0 Å². The number of hydrogen-bond donors (Lipinski definition) is 0. The largest absolute Gasteiger partial charge is 0.298 e. The van der Waals surface area contributed by atoms with Crippen molar-refractivity contribution >= 4 is 17.9 Å². The molecule has 0 amide bonds. The van der Waals surface area contributed by atoms with Gasteiger partial charge in [-0.15, -0.1) is 0 Å². The minimum atomic E-state index is 0.215. The number of benzene rings is 1. The minimum Gasteiger partial charge on any atom is -0.298 e. The highest BCUT2D eigenvalue weighted by Crippen LogP contribution is 2.32. The lowest BCUT2D eigenvalue weighted by molar-refractivity contribution is -0.103. The lowest BCUT2D eigenvalue weighted by atomic mass is 9.93. The second-order valence-electron chi connectivity index (χ2n) is 4.24. The van der Waals surface area contributed by atoms with Gasteiger partial charge in [-0.1, -0.05) is 60.7 Å². The van der Waals surface area contributed by atoms with Crippen LogP contribution in [0.3, 0.4) is 0 Å². The Morgan fingerprint density at radius 3 is 2.88 bits per heavy atom. The van der Waals surface area contributed by atoms with E-state index < -0.39 is 0 Å². The smallest absolute Gasteiger partial charge is 0.150 e. The molecule has 0 saturated carbocycles. The molecule has 1 heteroatoms. The summed E-state index contributed by atoms with van der Waals surface area (Å²) in [5, 5.41) is 0. The highest BCUT2D eigenvalue weighted by atomic mass is 16.1. The number of carbonyl (C=O) groups is 1. The zero-order valence-corrected chi connectivity index (χ0v) is 9.34. The summed E-state index contributed by atoms with van der Waals surface area (Å²) in [5.74, 6) is 0.215. The molecular formula is C16H12O. The Balaban J connectivity index is 2.25. The van der Waals surface area contributed by atoms with Crippen LogP contribution in [0.15, 0.2) is 60.2 Å². The van der Waals surface area contributed by atoms with Gasteiger partial charge in [-0.05, 0) is 16.7 Å². The molecule has 0 aliphatic heterocycles. The van der Waals surface area contributed by atoms with Crippen LogP contribution in [0, 0.1) is 5.92 Å². The first-order valence-corrected chi connectivity index (χ1v) is 5.71. The van der Waals surface area contributed by atoms with E-state index in [-0.39, 0.29) is 5.92 Å². The Hall–Kier alpha value is -2.15. The van der Waals surface area contributed by atoms with Gasteiger partial charge in [0.2, 0.25) is 0 Å². The van der Waals surface area contributed by atoms with E-state index in [0.717, 1.165) is 23.0 Å². The standard InChI is InChI=1S/C16H12O/c17-11-15-10-13-6-2-1-5-12(13)9-14-7-3-4-8-16(14)15/h1-11,13H. The van der Waals surface area contributed by atoms with Gasteiger partial charge in [-0.25, -0.2) is 0 Å². The van der Waals surface area contributed by atoms with Crippen molar-refractivity contribution in [2.24, 2.45) is 5.92 Å². The molecule has 0 fully saturated rings. The summed E-state index contributed by atoms with van der Waals surface area (Å²) in [6, 6.07) is 8.02. The van der Waals surface area contributed by atoms with Crippen molar-refractivity contribution in [2.75, 3.05) is 0 Å². The zero-order valence-electron chi connectivity index (χ0n) is 9.34. The topological polar surface area (TPSA) is 17.1 Å². The lowest BCUT2D eigenvalue weighted by Crippen LogP contribution is -1.97. The van der Waals surface area contributed by atoms with Crippen molar-refractivity contribution in [3.05, 3.63) is 71.3 Å². The second-order valence-corrected chi connectivity index (χ2v) is 4.24. The van der Waals surface area contributed by atoms with E-state index in [2.05, 4.69) is 18.2 Å². The van der Waals surface area contributed by atoms with Crippen molar-refractivity contribution in [2.45, 2.75) is 0 Å². The Kier molecular flexibility index (Phi) is 2.37. The molecule has 3 rings (SSSR count). The predicted molar refractivity (Wildman–Crippen MR) is 70.2 cm³/mol. The molecule has 17 heavy (non-hydrogen) atoms. The number of fused-ring (bicyclic) bond motifs is 2. The quantitative estimate of drug-likeness (QED) is 0.663. The molecule has 2 aliphatic rings. The van der Waals surface area contributed by atoms with Crippen molar-refractivity contribution in [1.29, 1.82) is 0 Å². The number of aldehydes is 1. The molecule has 0 spiro atoms. The fraction of sp³-hybridized carbons (Fsp3) is 0.0625. The minimum absolute atomic E-state index is 0.215. The van der Waals surface area contributed by atoms with Crippen molar-refractivity contribution in [3.8, 4) is 0 Å². The molecule has 1 nitrogen and oxygen atoms in total. The monoisotopic (exact) mass is 220 g/mol. The summed E-state index contributed by atoms with van der Waals surface area (Å²) in [4.78, 5) is 11.2. The summed E-state index contributed by atoms with van der Waals surface area (Å²) < 4.78 is 0. The van der Waals surface area contributed by atoms with Crippen LogP contribution in [0.2, 0.25) is 0 Å². The molecule has 0 N–H and O–H groups in total. The summed E-state index contributed by atoms with van der Waals surface area (Å²) in [6.45, 7) is 0. The van der Waals surface area contributed by atoms with Crippen molar-refractivity contribution in [3.63, 3.8) is 0 Å². The fourth-order valence-corrected chi connectivity index (χ4v) is 2.32. The third-order valence-corrected chi connectivity index (χ3v) is 3.18. The number of carbonyl (C=O) groups excluding carboxylic acids is 1. The summed E-state index contributed by atoms with van der Waals surface area (Å²) in [5.41, 5.74) is 4.14. The lowest BCUT2D eigenvalue weighted by Gasteiger charge is -2.11. The molecular weight excluding hydrogens is 208 g/mol. The van der Waals surface area contributed by atoms with E-state index in [1.54, 1.807) is 0 Å². The molecule has 0 aromatic heterocycles. The van der Waals surface area contributed by atoms with Crippen LogP contribution in [0.25, 0.3) is 11.6 Å². The van der Waals surface area contributed by atoms with E-state index in [1.807, 2.05) is 42.5 Å². The van der Waals surface area contributed by atoms with Crippen LogP contribution in [-0.4, -0.2) is 6.29 Å². The SMILES string of the molecule is O=CC1=CC2C=CC=CC2=Cc2ccccc21. The van der Waals surface area contributed by atoms with Gasteiger partial charge in [0.1, 0.15) is 6.29 Å². The van der Waals surface area contributed by atoms with E-state index >= 15 is 0 Å². The maximum atomic E-state index is 11.2. The van der Waals surface area contributed by atoms with Crippen molar-refractivity contribution in [1.82, 2.24) is 0 Å². The van der Waals surface area contributed by atoms with Gasteiger partial charge in [0, 0.05) is 11.5 Å². The van der Waals surface area contributed by atoms with Gasteiger partial charge >= 0.3 is 0 Å². The molecule has 1 unspecified atom stereocenters. The second kappa shape index (κ2) is 4.02. The van der Waals surface area contributed by atoms with Crippen LogP contribution in [0.5, 0.6) is 0 Å². The summed E-state index contributed by atoms with van der Waals surface area (Å²) >= 11 is 0. The first kappa shape index (κ1) is 10.0. The maximum Gasteiger partial charge on any atom is 0.150 e. The molecule has 1 aromatic carbocycles. The first-order valence-electron chi connectivity index (χ1n) is 5.71. The molecule has 0 radical (unpaired) electrons. The van der Waals surface area contributed by atoms with Gasteiger partial charge in [0.15, 0.2) is 0 Å². The number of hydrogen-bond acceptors (Lipinski definition) is 1. The fourth-order valence-electron chi connectivity index (χ4n) is 2.32. The van der Waals surface area contributed by atoms with Crippen LogP contribution in [0.4, 0.5) is 0 Å². The zero-order chi connectivity index (χ0) is 11.7. The van der Waals surface area contributed by atoms with E-state index in [4.69, 9.17) is 0 Å². The Bertz CT molecular complexity index is 585. The molecule has 1 atom stereocenters. The number of allylic oxidation sites excluding steroid dienone is 7. The molecule has 1 aromatic rings. The van der Waals surface area contributed by atoms with Crippen LogP contribution >= 0.6 is 0 Å². The van der Waals surface area contributed by atoms with Crippen molar-refractivity contribution < 1.29 is 4.79 Å². The average molecular weight is 220 g/mol. The summed E-state index contributed by atoms with van der Waals surface area (Å²) in [6.07, 6.45) is 13.4.